The number of hydrogen-bond donors (Lipinski definition) is 2. The van der Waals surface area contributed by atoms with Crippen molar-refractivity contribution in [3.8, 4) is 17.2 Å². The SMILES string of the molecule is COc1ccccc1NS(=O)(=O)c1cc(NC(=O)/C=C/c2ccc(OS(=O)(=O)c3ccc(C)cc3)c(OC)c2)ccc1N1CCCC1. The molecule has 1 aliphatic heterocycles. The van der Waals surface area contributed by atoms with Gasteiger partial charge in [-0.15, -0.1) is 0 Å². The van der Waals surface area contributed by atoms with Crippen LogP contribution in [0.5, 0.6) is 17.2 Å². The van der Waals surface area contributed by atoms with Crippen LogP contribution in [-0.2, 0) is 24.9 Å². The summed E-state index contributed by atoms with van der Waals surface area (Å²) < 4.78 is 71.5. The van der Waals surface area contributed by atoms with Gasteiger partial charge >= 0.3 is 10.1 Å². The number of sulfonamides is 1. The highest BCUT2D eigenvalue weighted by Gasteiger charge is 2.26. The highest BCUT2D eigenvalue weighted by Crippen LogP contribution is 2.34. The minimum atomic E-state index is -4.10. The molecule has 1 saturated heterocycles. The van der Waals surface area contributed by atoms with E-state index in [0.717, 1.165) is 31.5 Å². The molecule has 0 radical (unpaired) electrons. The van der Waals surface area contributed by atoms with Crippen LogP contribution in [0.25, 0.3) is 6.08 Å². The first-order chi connectivity index (χ1) is 22.5. The number of rotatable bonds is 12. The van der Waals surface area contributed by atoms with Crippen LogP contribution in [-0.4, -0.2) is 50.1 Å². The van der Waals surface area contributed by atoms with Gasteiger partial charge < -0.3 is 23.9 Å². The molecule has 0 spiro atoms. The van der Waals surface area contributed by atoms with E-state index in [2.05, 4.69) is 10.0 Å². The number of amides is 1. The summed E-state index contributed by atoms with van der Waals surface area (Å²) in [6.07, 6.45) is 4.68. The lowest BCUT2D eigenvalue weighted by Crippen LogP contribution is -2.23. The molecule has 246 valence electrons. The van der Waals surface area contributed by atoms with Gasteiger partial charge in [-0.1, -0.05) is 35.9 Å². The van der Waals surface area contributed by atoms with Gasteiger partial charge in [0.25, 0.3) is 10.0 Å². The summed E-state index contributed by atoms with van der Waals surface area (Å²) >= 11 is 0. The molecule has 0 aliphatic carbocycles. The Hall–Kier alpha value is -5.01. The van der Waals surface area contributed by atoms with Crippen LogP contribution in [0.1, 0.15) is 24.0 Å². The van der Waals surface area contributed by atoms with Crippen molar-refractivity contribution < 1.29 is 35.3 Å². The van der Waals surface area contributed by atoms with E-state index in [-0.39, 0.29) is 27.0 Å². The van der Waals surface area contributed by atoms with Gasteiger partial charge in [0.2, 0.25) is 5.91 Å². The Kier molecular flexibility index (Phi) is 10.1. The number of methoxy groups -OCH3 is 2. The Labute approximate surface area is 275 Å². The van der Waals surface area contributed by atoms with E-state index in [1.807, 2.05) is 11.8 Å². The molecule has 1 amide bonds. The van der Waals surface area contributed by atoms with E-state index in [9.17, 15) is 21.6 Å². The number of nitrogens with one attached hydrogen (secondary N) is 2. The third kappa shape index (κ3) is 8.05. The fraction of sp³-hybridized carbons (Fsp3) is 0.206. The van der Waals surface area contributed by atoms with Gasteiger partial charge in [-0.3, -0.25) is 9.52 Å². The maximum atomic E-state index is 13.7. The molecule has 0 atom stereocenters. The molecular formula is C34H35N3O8S2. The van der Waals surface area contributed by atoms with Crippen molar-refractivity contribution in [3.63, 3.8) is 0 Å². The summed E-state index contributed by atoms with van der Waals surface area (Å²) in [5.74, 6) is 0.0000837. The normalized spacial score (nSPS) is 13.4. The van der Waals surface area contributed by atoms with Crippen molar-refractivity contribution in [2.45, 2.75) is 29.6 Å². The summed E-state index contributed by atoms with van der Waals surface area (Å²) in [6, 6.07) is 22.3. The van der Waals surface area contributed by atoms with Gasteiger partial charge in [-0.25, -0.2) is 8.42 Å². The van der Waals surface area contributed by atoms with Crippen molar-refractivity contribution in [2.75, 3.05) is 42.2 Å². The lowest BCUT2D eigenvalue weighted by Gasteiger charge is -2.22. The molecule has 1 fully saturated rings. The molecule has 1 aliphatic rings. The van der Waals surface area contributed by atoms with Crippen LogP contribution >= 0.6 is 0 Å². The third-order valence-electron chi connectivity index (χ3n) is 7.44. The lowest BCUT2D eigenvalue weighted by molar-refractivity contribution is -0.111. The predicted octanol–water partition coefficient (Wildman–Crippen LogP) is 5.83. The number of benzene rings is 4. The minimum absolute atomic E-state index is 0.00536. The standard InChI is InChI=1S/C34H35N3O8S2/c1-24-10-15-27(16-11-24)47(41,42)45-31-18-12-25(22-32(31)44-3)13-19-34(38)35-26-14-17-29(37-20-6-7-21-37)33(23-26)46(39,40)36-28-8-4-5-9-30(28)43-2/h4-5,8-19,22-23,36H,6-7,20-21H2,1-3H3,(H,35,38)/b19-13+. The van der Waals surface area contributed by atoms with E-state index >= 15 is 0 Å². The van der Waals surface area contributed by atoms with Crippen molar-refractivity contribution >= 4 is 49.2 Å². The number of carbonyl (C=O) groups excluding carboxylic acids is 1. The first-order valence-electron chi connectivity index (χ1n) is 14.7. The summed E-state index contributed by atoms with van der Waals surface area (Å²) in [5.41, 5.74) is 2.56. The Morgan fingerprint density at radius 3 is 2.21 bits per heavy atom. The fourth-order valence-corrected chi connectivity index (χ4v) is 7.30. The van der Waals surface area contributed by atoms with Crippen molar-refractivity contribution in [1.82, 2.24) is 0 Å². The molecule has 11 nitrogen and oxygen atoms in total. The van der Waals surface area contributed by atoms with E-state index in [4.69, 9.17) is 13.7 Å². The highest BCUT2D eigenvalue weighted by atomic mass is 32.2. The monoisotopic (exact) mass is 677 g/mol. The number of ether oxygens (including phenoxy) is 2. The number of anilines is 3. The Morgan fingerprint density at radius 1 is 0.809 bits per heavy atom. The number of aryl methyl sites for hydroxylation is 1. The molecule has 0 saturated carbocycles. The Morgan fingerprint density at radius 2 is 1.51 bits per heavy atom. The molecule has 0 bridgehead atoms. The third-order valence-corrected chi connectivity index (χ3v) is 10.1. The van der Waals surface area contributed by atoms with Crippen LogP contribution in [0.15, 0.2) is 101 Å². The zero-order valence-corrected chi connectivity index (χ0v) is 27.7. The second-order valence-electron chi connectivity index (χ2n) is 10.8. The molecule has 4 aromatic carbocycles. The van der Waals surface area contributed by atoms with Gasteiger partial charge in [0.15, 0.2) is 11.5 Å². The zero-order valence-electron chi connectivity index (χ0n) is 26.1. The Balaban J connectivity index is 1.34. The molecule has 1 heterocycles. The second kappa shape index (κ2) is 14.2. The molecule has 4 aromatic rings. The fourth-order valence-electron chi connectivity index (χ4n) is 5.04. The molecule has 13 heteroatoms. The van der Waals surface area contributed by atoms with Gasteiger partial charge in [0, 0.05) is 24.9 Å². The summed E-state index contributed by atoms with van der Waals surface area (Å²) in [5, 5.41) is 2.73. The largest absolute Gasteiger partial charge is 0.495 e. The smallest absolute Gasteiger partial charge is 0.339 e. The van der Waals surface area contributed by atoms with Crippen LogP contribution in [0.4, 0.5) is 17.1 Å². The molecule has 47 heavy (non-hydrogen) atoms. The molecule has 0 unspecified atom stereocenters. The van der Waals surface area contributed by atoms with Crippen LogP contribution in [0, 0.1) is 6.92 Å². The van der Waals surface area contributed by atoms with E-state index in [0.29, 0.717) is 22.7 Å². The van der Waals surface area contributed by atoms with Crippen LogP contribution in [0.3, 0.4) is 0 Å². The number of nitrogens with zero attached hydrogens (tertiary/aromatic N) is 1. The summed E-state index contributed by atoms with van der Waals surface area (Å²) in [6.45, 7) is 3.29. The Bertz CT molecular complexity index is 2010. The van der Waals surface area contributed by atoms with Crippen LogP contribution in [0.2, 0.25) is 0 Å². The predicted molar refractivity (Wildman–Crippen MR) is 181 cm³/mol. The zero-order chi connectivity index (χ0) is 33.6. The van der Waals surface area contributed by atoms with E-state index < -0.39 is 26.0 Å². The molecular weight excluding hydrogens is 643 g/mol. The molecule has 0 aromatic heterocycles. The van der Waals surface area contributed by atoms with Gasteiger partial charge in [-0.05, 0) is 86.0 Å². The van der Waals surface area contributed by atoms with Crippen LogP contribution < -0.4 is 28.6 Å². The maximum absolute atomic E-state index is 13.7. The first-order valence-corrected chi connectivity index (χ1v) is 17.6. The topological polar surface area (TPSA) is 140 Å². The van der Waals surface area contributed by atoms with Gasteiger partial charge in [-0.2, -0.15) is 8.42 Å². The quantitative estimate of drug-likeness (QED) is 0.140. The second-order valence-corrected chi connectivity index (χ2v) is 14.0. The molecule has 2 N–H and O–H groups in total. The molecule has 5 rings (SSSR count). The highest BCUT2D eigenvalue weighted by molar-refractivity contribution is 7.93. The van der Waals surface area contributed by atoms with Crippen molar-refractivity contribution in [2.24, 2.45) is 0 Å². The van der Waals surface area contributed by atoms with E-state index in [1.54, 1.807) is 54.6 Å². The lowest BCUT2D eigenvalue weighted by atomic mass is 10.2. The van der Waals surface area contributed by atoms with E-state index in [1.165, 1.54) is 56.7 Å². The first kappa shape index (κ1) is 33.4. The average molecular weight is 678 g/mol. The summed E-state index contributed by atoms with van der Waals surface area (Å²) in [7, 11) is -5.34. The summed E-state index contributed by atoms with van der Waals surface area (Å²) in [4.78, 5) is 15.0. The van der Waals surface area contributed by atoms with Gasteiger partial charge in [0.1, 0.15) is 15.5 Å². The maximum Gasteiger partial charge on any atom is 0.339 e. The number of hydrogen-bond acceptors (Lipinski definition) is 9. The van der Waals surface area contributed by atoms with Gasteiger partial charge in [0.05, 0.1) is 25.6 Å². The number of para-hydroxylation sites is 2. The van der Waals surface area contributed by atoms with Crippen molar-refractivity contribution in [3.05, 3.63) is 102 Å². The minimum Gasteiger partial charge on any atom is -0.495 e. The van der Waals surface area contributed by atoms with Crippen molar-refractivity contribution in [1.29, 1.82) is 0 Å². The number of carbonyl (C=O) groups is 1. The average Bonchev–Trinajstić information content (AvgIpc) is 3.59.